The number of methoxy groups -OCH3 is 1. The van der Waals surface area contributed by atoms with Gasteiger partial charge in [0.1, 0.15) is 11.3 Å². The molecule has 4 nitrogen and oxygen atoms in total. The van der Waals surface area contributed by atoms with Gasteiger partial charge in [-0.25, -0.2) is 0 Å². The summed E-state index contributed by atoms with van der Waals surface area (Å²) in [5.41, 5.74) is 0.482. The first-order valence-corrected chi connectivity index (χ1v) is 6.43. The highest BCUT2D eigenvalue weighted by Gasteiger charge is 2.33. The second kappa shape index (κ2) is 6.57. The fourth-order valence-corrected chi connectivity index (χ4v) is 1.73. The first kappa shape index (κ1) is 15.5. The Morgan fingerprint density at radius 1 is 1.26 bits per heavy atom. The van der Waals surface area contributed by atoms with Gasteiger partial charge in [0.05, 0.1) is 13.7 Å². The van der Waals surface area contributed by atoms with Crippen LogP contribution in [0.2, 0.25) is 0 Å². The summed E-state index contributed by atoms with van der Waals surface area (Å²) in [6.07, 6.45) is 0. The largest absolute Gasteiger partial charge is 0.494 e. The van der Waals surface area contributed by atoms with E-state index in [1.807, 2.05) is 57.0 Å². The molecule has 0 atom stereocenters. The van der Waals surface area contributed by atoms with Crippen LogP contribution < -0.4 is 4.74 Å². The van der Waals surface area contributed by atoms with Gasteiger partial charge in [0.25, 0.3) is 0 Å². The van der Waals surface area contributed by atoms with Crippen molar-refractivity contribution in [2.24, 2.45) is 0 Å². The van der Waals surface area contributed by atoms with Crippen LogP contribution in [0.3, 0.4) is 0 Å². The third kappa shape index (κ3) is 3.96. The molecule has 19 heavy (non-hydrogen) atoms. The number of hydrogen-bond donors (Lipinski definition) is 0. The summed E-state index contributed by atoms with van der Waals surface area (Å²) in [4.78, 5) is 13.7. The molecule has 0 aromatic heterocycles. The van der Waals surface area contributed by atoms with Gasteiger partial charge in [0.15, 0.2) is 0 Å². The Labute approximate surface area is 115 Å². The highest BCUT2D eigenvalue weighted by Crippen LogP contribution is 2.19. The number of carbonyl (C=O) groups excluding carboxylic acids is 1. The van der Waals surface area contributed by atoms with E-state index in [9.17, 15) is 4.79 Å². The molecule has 0 saturated heterocycles. The van der Waals surface area contributed by atoms with Crippen LogP contribution in [0.5, 0.6) is 5.75 Å². The zero-order chi connectivity index (χ0) is 14.5. The lowest BCUT2D eigenvalue weighted by atomic mass is 10.0. The number of esters is 1. The highest BCUT2D eigenvalue weighted by molar-refractivity contribution is 5.79. The lowest BCUT2D eigenvalue weighted by Gasteiger charge is -2.32. The van der Waals surface area contributed by atoms with E-state index in [0.29, 0.717) is 13.2 Å². The highest BCUT2D eigenvalue weighted by atomic mass is 16.5. The van der Waals surface area contributed by atoms with Gasteiger partial charge in [-0.15, -0.1) is 0 Å². The fraction of sp³-hybridized carbons (Fsp3) is 0.533. The van der Waals surface area contributed by atoms with Crippen molar-refractivity contribution in [3.05, 3.63) is 29.8 Å². The number of hydrogen-bond acceptors (Lipinski definition) is 4. The van der Waals surface area contributed by atoms with Gasteiger partial charge in [-0.2, -0.15) is 0 Å². The molecule has 0 heterocycles. The summed E-state index contributed by atoms with van der Waals surface area (Å²) in [6, 6.07) is 7.90. The summed E-state index contributed by atoms with van der Waals surface area (Å²) >= 11 is 0. The minimum absolute atomic E-state index is 0.235. The molecule has 0 spiro atoms. The van der Waals surface area contributed by atoms with Crippen LogP contribution in [-0.2, 0) is 16.1 Å². The van der Waals surface area contributed by atoms with Gasteiger partial charge in [-0.1, -0.05) is 12.1 Å². The topological polar surface area (TPSA) is 38.8 Å². The minimum atomic E-state index is -0.645. The van der Waals surface area contributed by atoms with Crippen molar-refractivity contribution < 1.29 is 14.3 Å². The van der Waals surface area contributed by atoms with Crippen molar-refractivity contribution >= 4 is 5.97 Å². The Morgan fingerprint density at radius 2 is 1.84 bits per heavy atom. The van der Waals surface area contributed by atoms with Gasteiger partial charge in [-0.3, -0.25) is 9.69 Å². The maximum atomic E-state index is 11.7. The van der Waals surface area contributed by atoms with Crippen molar-refractivity contribution in [2.45, 2.75) is 32.9 Å². The summed E-state index contributed by atoms with van der Waals surface area (Å²) in [5.74, 6) is 0.627. The van der Waals surface area contributed by atoms with E-state index in [2.05, 4.69) is 0 Å². The smallest absolute Gasteiger partial charge is 0.325 e. The Bertz CT molecular complexity index is 412. The monoisotopic (exact) mass is 265 g/mol. The van der Waals surface area contributed by atoms with Crippen molar-refractivity contribution in [1.82, 2.24) is 4.90 Å². The quantitative estimate of drug-likeness (QED) is 0.741. The van der Waals surface area contributed by atoms with Crippen molar-refractivity contribution in [3.8, 4) is 5.75 Å². The number of nitrogens with zero attached hydrogens (tertiary/aromatic N) is 1. The van der Waals surface area contributed by atoms with E-state index >= 15 is 0 Å². The lowest BCUT2D eigenvalue weighted by Crippen LogP contribution is -2.48. The van der Waals surface area contributed by atoms with Crippen LogP contribution in [-0.4, -0.2) is 37.2 Å². The summed E-state index contributed by atoms with van der Waals surface area (Å²) < 4.78 is 10.2. The molecule has 0 fully saturated rings. The summed E-state index contributed by atoms with van der Waals surface area (Å²) in [7, 11) is 3.32. The predicted octanol–water partition coefficient (Wildman–Crippen LogP) is 2.47. The number of likely N-dealkylation sites (N-methyl/N-ethyl adjacent to an activating group) is 1. The molecule has 0 bridgehead atoms. The Balaban J connectivity index is 2.71. The van der Waals surface area contributed by atoms with E-state index in [-0.39, 0.29) is 5.97 Å². The third-order valence-electron chi connectivity index (χ3n) is 3.29. The van der Waals surface area contributed by atoms with E-state index in [1.54, 1.807) is 0 Å². The van der Waals surface area contributed by atoms with Crippen molar-refractivity contribution in [2.75, 3.05) is 20.8 Å². The standard InChI is InChI=1S/C15H23NO3/c1-6-19-13-9-7-12(8-10-13)11-16(4)15(2,3)14(17)18-5/h7-10H,6,11H2,1-5H3. The van der Waals surface area contributed by atoms with Crippen LogP contribution >= 0.6 is 0 Å². The molecule has 0 aliphatic heterocycles. The van der Waals surface area contributed by atoms with Crippen LogP contribution in [0.4, 0.5) is 0 Å². The Hall–Kier alpha value is -1.55. The minimum Gasteiger partial charge on any atom is -0.494 e. The molecule has 0 saturated carbocycles. The number of carbonyl (C=O) groups is 1. The predicted molar refractivity (Wildman–Crippen MR) is 75.2 cm³/mol. The Morgan fingerprint density at radius 3 is 2.32 bits per heavy atom. The van der Waals surface area contributed by atoms with Crippen LogP contribution in [0, 0.1) is 0 Å². The second-order valence-corrected chi connectivity index (χ2v) is 4.98. The first-order valence-electron chi connectivity index (χ1n) is 6.43. The maximum absolute atomic E-state index is 11.7. The van der Waals surface area contributed by atoms with E-state index in [0.717, 1.165) is 11.3 Å². The summed E-state index contributed by atoms with van der Waals surface area (Å²) in [6.45, 7) is 7.00. The lowest BCUT2D eigenvalue weighted by molar-refractivity contribution is -0.152. The fourth-order valence-electron chi connectivity index (χ4n) is 1.73. The van der Waals surface area contributed by atoms with Gasteiger partial charge in [0.2, 0.25) is 0 Å². The molecule has 106 valence electrons. The Kier molecular flexibility index (Phi) is 5.36. The molecule has 0 aliphatic carbocycles. The SMILES string of the molecule is CCOc1ccc(CN(C)C(C)(C)C(=O)OC)cc1. The molecule has 1 aromatic carbocycles. The molecule has 1 aromatic rings. The normalized spacial score (nSPS) is 11.5. The van der Waals surface area contributed by atoms with Gasteiger partial charge < -0.3 is 9.47 Å². The van der Waals surface area contributed by atoms with Crippen LogP contribution in [0.15, 0.2) is 24.3 Å². The molecule has 0 amide bonds. The zero-order valence-corrected chi connectivity index (χ0v) is 12.4. The van der Waals surface area contributed by atoms with Gasteiger partial charge in [-0.05, 0) is 45.5 Å². The number of benzene rings is 1. The van der Waals surface area contributed by atoms with E-state index in [4.69, 9.17) is 9.47 Å². The first-order chi connectivity index (χ1) is 8.91. The molecular formula is C15H23NO3. The number of rotatable bonds is 6. The third-order valence-corrected chi connectivity index (χ3v) is 3.29. The zero-order valence-electron chi connectivity index (χ0n) is 12.4. The summed E-state index contributed by atoms with van der Waals surface area (Å²) in [5, 5.41) is 0. The molecule has 0 aliphatic rings. The molecule has 0 unspecified atom stereocenters. The number of ether oxygens (including phenoxy) is 2. The van der Waals surface area contributed by atoms with Crippen LogP contribution in [0.25, 0.3) is 0 Å². The molecule has 1 rings (SSSR count). The van der Waals surface area contributed by atoms with Crippen molar-refractivity contribution in [3.63, 3.8) is 0 Å². The molecule has 0 radical (unpaired) electrons. The van der Waals surface area contributed by atoms with E-state index in [1.165, 1.54) is 7.11 Å². The van der Waals surface area contributed by atoms with Gasteiger partial charge in [0, 0.05) is 6.54 Å². The maximum Gasteiger partial charge on any atom is 0.325 e. The van der Waals surface area contributed by atoms with Crippen LogP contribution in [0.1, 0.15) is 26.3 Å². The molecule has 0 N–H and O–H groups in total. The van der Waals surface area contributed by atoms with Gasteiger partial charge >= 0.3 is 5.97 Å². The average Bonchev–Trinajstić information content (AvgIpc) is 2.40. The second-order valence-electron chi connectivity index (χ2n) is 4.98. The van der Waals surface area contributed by atoms with E-state index < -0.39 is 5.54 Å². The average molecular weight is 265 g/mol. The van der Waals surface area contributed by atoms with Crippen molar-refractivity contribution in [1.29, 1.82) is 0 Å². The molecular weight excluding hydrogens is 242 g/mol. The molecule has 4 heteroatoms.